The van der Waals surface area contributed by atoms with Gasteiger partial charge >= 0.3 is 0 Å². The lowest BCUT2D eigenvalue weighted by Gasteiger charge is -2.06. The Morgan fingerprint density at radius 3 is 2.33 bits per heavy atom. The van der Waals surface area contributed by atoms with Crippen molar-refractivity contribution in [3.8, 4) is 11.1 Å². The van der Waals surface area contributed by atoms with E-state index in [0.717, 1.165) is 30.4 Å². The second-order valence-corrected chi connectivity index (χ2v) is 4.78. The third-order valence-electron chi connectivity index (χ3n) is 3.22. The first-order chi connectivity index (χ1) is 8.70. The molecule has 0 nitrogen and oxygen atoms in total. The molecule has 0 fully saturated rings. The summed E-state index contributed by atoms with van der Waals surface area (Å²) in [4.78, 5) is 0. The fraction of sp³-hybridized carbons (Fsp3) is 0.294. The monoisotopic (exact) mass is 242 g/mol. The summed E-state index contributed by atoms with van der Waals surface area (Å²) in [5, 5.41) is 0. The Labute approximate surface area is 108 Å². The summed E-state index contributed by atoms with van der Waals surface area (Å²) in [6, 6.07) is 13.6. The molecule has 18 heavy (non-hydrogen) atoms. The molecule has 0 heterocycles. The van der Waals surface area contributed by atoms with Crippen molar-refractivity contribution in [1.82, 2.24) is 0 Å². The maximum absolute atomic E-state index is 14.1. The summed E-state index contributed by atoms with van der Waals surface area (Å²) >= 11 is 0. The second-order valence-electron chi connectivity index (χ2n) is 4.78. The number of aryl methyl sites for hydroxylation is 2. The van der Waals surface area contributed by atoms with Crippen LogP contribution in [0.3, 0.4) is 0 Å². The predicted molar refractivity (Wildman–Crippen MR) is 75.2 cm³/mol. The Balaban J connectivity index is 2.26. The average Bonchev–Trinajstić information content (AvgIpc) is 2.38. The highest BCUT2D eigenvalue weighted by Crippen LogP contribution is 2.24. The molecule has 0 unspecified atom stereocenters. The highest BCUT2D eigenvalue weighted by molar-refractivity contribution is 5.64. The summed E-state index contributed by atoms with van der Waals surface area (Å²) in [7, 11) is 0. The fourth-order valence-corrected chi connectivity index (χ4v) is 2.06. The van der Waals surface area contributed by atoms with E-state index in [1.165, 1.54) is 5.56 Å². The quantitative estimate of drug-likeness (QED) is 0.696. The Kier molecular flexibility index (Phi) is 4.14. The van der Waals surface area contributed by atoms with Gasteiger partial charge < -0.3 is 0 Å². The van der Waals surface area contributed by atoms with Gasteiger partial charge in [0.15, 0.2) is 0 Å². The van der Waals surface area contributed by atoms with Crippen molar-refractivity contribution in [3.63, 3.8) is 0 Å². The summed E-state index contributed by atoms with van der Waals surface area (Å²) in [6.45, 7) is 4.19. The van der Waals surface area contributed by atoms with E-state index < -0.39 is 0 Å². The van der Waals surface area contributed by atoms with Crippen molar-refractivity contribution >= 4 is 0 Å². The van der Waals surface area contributed by atoms with Crippen LogP contribution in [0.1, 0.15) is 30.9 Å². The minimum Gasteiger partial charge on any atom is -0.206 e. The first kappa shape index (κ1) is 12.8. The Hall–Kier alpha value is -1.63. The van der Waals surface area contributed by atoms with Crippen LogP contribution in [0.25, 0.3) is 11.1 Å². The number of unbranched alkanes of at least 4 members (excludes halogenated alkanes) is 1. The summed E-state index contributed by atoms with van der Waals surface area (Å²) in [5.74, 6) is -0.118. The van der Waals surface area contributed by atoms with Gasteiger partial charge in [-0.05, 0) is 37.0 Å². The predicted octanol–water partition coefficient (Wildman–Crippen LogP) is 5.14. The maximum atomic E-state index is 14.1. The molecular weight excluding hydrogens is 223 g/mol. The van der Waals surface area contributed by atoms with Crippen LogP contribution in [0.4, 0.5) is 4.39 Å². The third kappa shape index (κ3) is 2.98. The molecule has 2 rings (SSSR count). The molecule has 0 amide bonds. The first-order valence-corrected chi connectivity index (χ1v) is 6.56. The molecule has 0 aliphatic carbocycles. The second kappa shape index (κ2) is 5.81. The molecule has 0 aliphatic heterocycles. The number of hydrogen-bond donors (Lipinski definition) is 0. The van der Waals surface area contributed by atoms with Crippen molar-refractivity contribution in [2.75, 3.05) is 0 Å². The van der Waals surface area contributed by atoms with Gasteiger partial charge in [0.25, 0.3) is 0 Å². The molecule has 0 bridgehead atoms. The minimum absolute atomic E-state index is 0.118. The van der Waals surface area contributed by atoms with Crippen molar-refractivity contribution in [2.24, 2.45) is 0 Å². The van der Waals surface area contributed by atoms with E-state index in [-0.39, 0.29) is 5.82 Å². The van der Waals surface area contributed by atoms with Gasteiger partial charge in [-0.15, -0.1) is 0 Å². The van der Waals surface area contributed by atoms with Crippen LogP contribution in [-0.4, -0.2) is 0 Å². The van der Waals surface area contributed by atoms with Crippen LogP contribution in [0.2, 0.25) is 0 Å². The van der Waals surface area contributed by atoms with E-state index in [0.29, 0.717) is 5.56 Å². The number of halogens is 1. The van der Waals surface area contributed by atoms with Crippen LogP contribution in [0.15, 0.2) is 42.5 Å². The molecule has 0 radical (unpaired) electrons. The van der Waals surface area contributed by atoms with Gasteiger partial charge in [-0.3, -0.25) is 0 Å². The first-order valence-electron chi connectivity index (χ1n) is 6.56. The van der Waals surface area contributed by atoms with Gasteiger partial charge in [0.1, 0.15) is 5.82 Å². The summed E-state index contributed by atoms with van der Waals surface area (Å²) in [6.07, 6.45) is 3.21. The van der Waals surface area contributed by atoms with E-state index in [9.17, 15) is 4.39 Å². The average molecular weight is 242 g/mol. The van der Waals surface area contributed by atoms with Crippen molar-refractivity contribution in [2.45, 2.75) is 33.1 Å². The molecule has 0 N–H and O–H groups in total. The lowest BCUT2D eigenvalue weighted by atomic mass is 10.0. The molecule has 0 atom stereocenters. The molecule has 94 valence electrons. The number of benzene rings is 2. The zero-order valence-corrected chi connectivity index (χ0v) is 11.0. The smallest absolute Gasteiger partial charge is 0.131 e. The maximum Gasteiger partial charge on any atom is 0.131 e. The highest BCUT2D eigenvalue weighted by atomic mass is 19.1. The SMILES string of the molecule is CCCCc1ccc(-c2ccc(C)cc2)c(F)c1. The van der Waals surface area contributed by atoms with Crippen LogP contribution in [0, 0.1) is 12.7 Å². The molecule has 0 spiro atoms. The van der Waals surface area contributed by atoms with E-state index >= 15 is 0 Å². The largest absolute Gasteiger partial charge is 0.206 e. The zero-order chi connectivity index (χ0) is 13.0. The van der Waals surface area contributed by atoms with Crippen LogP contribution in [-0.2, 0) is 6.42 Å². The van der Waals surface area contributed by atoms with E-state index in [1.54, 1.807) is 6.07 Å². The molecule has 0 saturated carbocycles. The Morgan fingerprint density at radius 2 is 1.72 bits per heavy atom. The van der Waals surface area contributed by atoms with Gasteiger partial charge in [0, 0.05) is 5.56 Å². The topological polar surface area (TPSA) is 0 Å². The van der Waals surface area contributed by atoms with Crippen molar-refractivity contribution < 1.29 is 4.39 Å². The van der Waals surface area contributed by atoms with Gasteiger partial charge in [-0.2, -0.15) is 0 Å². The normalized spacial score (nSPS) is 10.6. The molecule has 2 aromatic carbocycles. The van der Waals surface area contributed by atoms with Gasteiger partial charge in [-0.25, -0.2) is 4.39 Å². The van der Waals surface area contributed by atoms with Crippen LogP contribution in [0.5, 0.6) is 0 Å². The molecule has 0 aliphatic rings. The van der Waals surface area contributed by atoms with E-state index in [2.05, 4.69) is 6.92 Å². The van der Waals surface area contributed by atoms with Crippen molar-refractivity contribution in [1.29, 1.82) is 0 Å². The lowest BCUT2D eigenvalue weighted by Crippen LogP contribution is -1.90. The lowest BCUT2D eigenvalue weighted by molar-refractivity contribution is 0.627. The minimum atomic E-state index is -0.118. The van der Waals surface area contributed by atoms with Gasteiger partial charge in [0.2, 0.25) is 0 Å². The zero-order valence-electron chi connectivity index (χ0n) is 11.0. The van der Waals surface area contributed by atoms with Crippen molar-refractivity contribution in [3.05, 3.63) is 59.4 Å². The van der Waals surface area contributed by atoms with E-state index in [1.807, 2.05) is 43.3 Å². The molecular formula is C17H19F. The molecule has 0 aromatic heterocycles. The highest BCUT2D eigenvalue weighted by Gasteiger charge is 2.05. The summed E-state index contributed by atoms with van der Waals surface area (Å²) < 4.78 is 14.1. The van der Waals surface area contributed by atoms with Crippen LogP contribution >= 0.6 is 0 Å². The van der Waals surface area contributed by atoms with Gasteiger partial charge in [-0.1, -0.05) is 55.3 Å². The fourth-order valence-electron chi connectivity index (χ4n) is 2.06. The number of rotatable bonds is 4. The third-order valence-corrected chi connectivity index (χ3v) is 3.22. The Morgan fingerprint density at radius 1 is 1.00 bits per heavy atom. The number of hydrogen-bond acceptors (Lipinski definition) is 0. The summed E-state index contributed by atoms with van der Waals surface area (Å²) in [5.41, 5.74) is 3.92. The molecule has 0 saturated heterocycles. The van der Waals surface area contributed by atoms with Gasteiger partial charge in [0.05, 0.1) is 0 Å². The van der Waals surface area contributed by atoms with Crippen LogP contribution < -0.4 is 0 Å². The molecule has 1 heteroatoms. The Bertz CT molecular complexity index is 512. The molecule has 2 aromatic rings. The van der Waals surface area contributed by atoms with E-state index in [4.69, 9.17) is 0 Å². The standard InChI is InChI=1S/C17H19F/c1-3-4-5-14-8-11-16(17(18)12-14)15-9-6-13(2)7-10-15/h6-12H,3-5H2,1-2H3.